The number of hydrogen-bond acceptors (Lipinski definition) is 5. The zero-order valence-corrected chi connectivity index (χ0v) is 17.7. The van der Waals surface area contributed by atoms with Gasteiger partial charge in [-0.1, -0.05) is 29.8 Å². The largest absolute Gasteiger partial charge is 0.508 e. The molecule has 0 amide bonds. The predicted molar refractivity (Wildman–Crippen MR) is 115 cm³/mol. The smallest absolute Gasteiger partial charge is 0.174 e. The van der Waals surface area contributed by atoms with Gasteiger partial charge in [0.25, 0.3) is 0 Å². The highest BCUT2D eigenvalue weighted by Gasteiger charge is 2.38. The highest BCUT2D eigenvalue weighted by molar-refractivity contribution is 6.05. The molecule has 156 valence electrons. The van der Waals surface area contributed by atoms with E-state index in [1.807, 2.05) is 45.9 Å². The molecule has 0 aliphatic carbocycles. The minimum Gasteiger partial charge on any atom is -0.508 e. The number of carbonyl (C=O) groups excluding carboxylic acids is 1. The molecule has 0 bridgehead atoms. The SMILES string of the molecule is CC(C)=CCc1c2c(c(O)c3c1OC(c1ccccc1O)CC3=O)C=CC(C)(C)O2. The first-order chi connectivity index (χ1) is 14.2. The van der Waals surface area contributed by atoms with E-state index in [4.69, 9.17) is 9.47 Å². The second-order valence-electron chi connectivity index (χ2n) is 8.59. The maximum absolute atomic E-state index is 13.1. The van der Waals surface area contributed by atoms with E-state index >= 15 is 0 Å². The van der Waals surface area contributed by atoms with Crippen molar-refractivity contribution in [1.82, 2.24) is 0 Å². The second kappa shape index (κ2) is 7.24. The quantitative estimate of drug-likeness (QED) is 0.659. The van der Waals surface area contributed by atoms with Gasteiger partial charge in [0.05, 0.1) is 12.0 Å². The summed E-state index contributed by atoms with van der Waals surface area (Å²) in [4.78, 5) is 13.1. The number of ketones is 1. The van der Waals surface area contributed by atoms with Crippen molar-refractivity contribution in [2.45, 2.75) is 52.2 Å². The molecule has 30 heavy (non-hydrogen) atoms. The molecule has 2 aliphatic heterocycles. The molecule has 0 saturated heterocycles. The molecule has 2 heterocycles. The van der Waals surface area contributed by atoms with Crippen molar-refractivity contribution in [3.05, 3.63) is 64.2 Å². The maximum Gasteiger partial charge on any atom is 0.174 e. The highest BCUT2D eigenvalue weighted by Crippen LogP contribution is 2.51. The molecular weight excluding hydrogens is 380 g/mol. The van der Waals surface area contributed by atoms with Crippen LogP contribution in [0.25, 0.3) is 6.08 Å². The number of ether oxygens (including phenoxy) is 2. The zero-order valence-electron chi connectivity index (χ0n) is 17.7. The van der Waals surface area contributed by atoms with Crippen LogP contribution in [0.2, 0.25) is 0 Å². The van der Waals surface area contributed by atoms with Crippen molar-refractivity contribution in [2.75, 3.05) is 0 Å². The standard InChI is InChI=1S/C25H26O5/c1-14(2)9-10-17-23-16(11-12-25(3,4)30-23)22(28)21-19(27)13-20(29-24(17)21)15-7-5-6-8-18(15)26/h5-9,11-12,20,26,28H,10,13H2,1-4H3. The summed E-state index contributed by atoms with van der Waals surface area (Å²) < 4.78 is 12.5. The number of aromatic hydroxyl groups is 2. The fourth-order valence-electron chi connectivity index (χ4n) is 3.89. The molecule has 4 rings (SSSR count). The normalized spacial score (nSPS) is 18.7. The summed E-state index contributed by atoms with van der Waals surface area (Å²) in [5, 5.41) is 21.2. The van der Waals surface area contributed by atoms with Crippen molar-refractivity contribution < 1.29 is 24.5 Å². The maximum atomic E-state index is 13.1. The lowest BCUT2D eigenvalue weighted by molar-refractivity contribution is 0.0836. The highest BCUT2D eigenvalue weighted by atomic mass is 16.5. The van der Waals surface area contributed by atoms with Gasteiger partial charge < -0.3 is 19.7 Å². The molecule has 2 aliphatic rings. The van der Waals surface area contributed by atoms with Crippen molar-refractivity contribution in [3.63, 3.8) is 0 Å². The average Bonchev–Trinajstić information content (AvgIpc) is 2.66. The molecule has 5 heteroatoms. The van der Waals surface area contributed by atoms with Crippen LogP contribution >= 0.6 is 0 Å². The Morgan fingerprint density at radius 2 is 1.93 bits per heavy atom. The van der Waals surface area contributed by atoms with Gasteiger partial charge in [0.2, 0.25) is 0 Å². The van der Waals surface area contributed by atoms with Crippen LogP contribution in [-0.4, -0.2) is 21.6 Å². The van der Waals surface area contributed by atoms with E-state index in [-0.39, 0.29) is 29.3 Å². The number of phenolic OH excluding ortho intramolecular Hbond substituents is 2. The molecule has 2 aromatic rings. The van der Waals surface area contributed by atoms with Crippen LogP contribution in [-0.2, 0) is 6.42 Å². The number of benzene rings is 2. The Labute approximate surface area is 176 Å². The summed E-state index contributed by atoms with van der Waals surface area (Å²) in [6.07, 6.45) is 5.61. The number of para-hydroxylation sites is 1. The van der Waals surface area contributed by atoms with Gasteiger partial charge in [0.1, 0.15) is 40.3 Å². The van der Waals surface area contributed by atoms with Crippen LogP contribution in [0, 0.1) is 0 Å². The van der Waals surface area contributed by atoms with Crippen molar-refractivity contribution in [1.29, 1.82) is 0 Å². The van der Waals surface area contributed by atoms with Gasteiger partial charge in [0.15, 0.2) is 5.78 Å². The molecule has 5 nitrogen and oxygen atoms in total. The number of allylic oxidation sites excluding steroid dienone is 2. The number of rotatable bonds is 3. The van der Waals surface area contributed by atoms with Crippen LogP contribution in [0.5, 0.6) is 23.0 Å². The van der Waals surface area contributed by atoms with E-state index < -0.39 is 11.7 Å². The molecule has 0 radical (unpaired) electrons. The first-order valence-electron chi connectivity index (χ1n) is 10.1. The summed E-state index contributed by atoms with van der Waals surface area (Å²) in [6, 6.07) is 6.84. The third kappa shape index (κ3) is 3.45. The lowest BCUT2D eigenvalue weighted by atomic mass is 9.88. The van der Waals surface area contributed by atoms with Gasteiger partial charge >= 0.3 is 0 Å². The second-order valence-corrected chi connectivity index (χ2v) is 8.59. The summed E-state index contributed by atoms with van der Waals surface area (Å²) in [5.74, 6) is 0.600. The topological polar surface area (TPSA) is 76.0 Å². The van der Waals surface area contributed by atoms with E-state index in [1.54, 1.807) is 24.3 Å². The van der Waals surface area contributed by atoms with Crippen LogP contribution < -0.4 is 9.47 Å². The number of hydrogen-bond donors (Lipinski definition) is 2. The van der Waals surface area contributed by atoms with Gasteiger partial charge in [-0.05, 0) is 52.3 Å². The van der Waals surface area contributed by atoms with Crippen LogP contribution in [0.1, 0.15) is 67.3 Å². The number of carbonyl (C=O) groups is 1. The molecule has 0 spiro atoms. The molecule has 1 unspecified atom stereocenters. The fourth-order valence-corrected chi connectivity index (χ4v) is 3.89. The monoisotopic (exact) mass is 406 g/mol. The Hall–Kier alpha value is -3.21. The lowest BCUT2D eigenvalue weighted by Crippen LogP contribution is -2.29. The molecule has 2 N–H and O–H groups in total. The van der Waals surface area contributed by atoms with Crippen LogP contribution in [0.4, 0.5) is 0 Å². The minimum atomic E-state index is -0.638. The molecule has 2 aromatic carbocycles. The van der Waals surface area contributed by atoms with Crippen molar-refractivity contribution in [2.24, 2.45) is 0 Å². The van der Waals surface area contributed by atoms with Gasteiger partial charge in [-0.2, -0.15) is 0 Å². The first-order valence-corrected chi connectivity index (χ1v) is 10.1. The number of Topliss-reactive ketones (excluding diaryl/α,β-unsaturated/α-hetero) is 1. The Balaban J connectivity index is 1.92. The zero-order chi connectivity index (χ0) is 21.6. The third-order valence-corrected chi connectivity index (χ3v) is 5.44. The van der Waals surface area contributed by atoms with E-state index in [9.17, 15) is 15.0 Å². The van der Waals surface area contributed by atoms with Gasteiger partial charge in [-0.3, -0.25) is 4.79 Å². The summed E-state index contributed by atoms with van der Waals surface area (Å²) in [7, 11) is 0. The Morgan fingerprint density at radius 3 is 2.63 bits per heavy atom. The minimum absolute atomic E-state index is 0.0368. The molecular formula is C25H26O5. The molecule has 0 fully saturated rings. The van der Waals surface area contributed by atoms with E-state index in [0.717, 1.165) is 11.1 Å². The predicted octanol–water partition coefficient (Wildman–Crippen LogP) is 5.50. The fraction of sp³-hybridized carbons (Fsp3) is 0.320. The number of fused-ring (bicyclic) bond motifs is 2. The van der Waals surface area contributed by atoms with Crippen LogP contribution in [0.15, 0.2) is 42.0 Å². The third-order valence-electron chi connectivity index (χ3n) is 5.44. The van der Waals surface area contributed by atoms with E-state index in [2.05, 4.69) is 0 Å². The van der Waals surface area contributed by atoms with Crippen molar-refractivity contribution >= 4 is 11.9 Å². The Kier molecular flexibility index (Phi) is 4.85. The Bertz CT molecular complexity index is 1090. The molecule has 0 aromatic heterocycles. The first kappa shape index (κ1) is 20.1. The average molecular weight is 406 g/mol. The lowest BCUT2D eigenvalue weighted by Gasteiger charge is -2.34. The summed E-state index contributed by atoms with van der Waals surface area (Å²) in [6.45, 7) is 7.87. The van der Waals surface area contributed by atoms with Crippen LogP contribution in [0.3, 0.4) is 0 Å². The number of phenols is 2. The Morgan fingerprint density at radius 1 is 1.20 bits per heavy atom. The molecule has 0 saturated carbocycles. The van der Waals surface area contributed by atoms with Gasteiger partial charge in [0, 0.05) is 11.1 Å². The summed E-state index contributed by atoms with van der Waals surface area (Å²) in [5.41, 5.74) is 2.53. The molecule has 1 atom stereocenters. The van der Waals surface area contributed by atoms with E-state index in [1.165, 1.54) is 0 Å². The van der Waals surface area contributed by atoms with E-state index in [0.29, 0.717) is 29.0 Å². The van der Waals surface area contributed by atoms with Crippen molar-refractivity contribution in [3.8, 4) is 23.0 Å². The summed E-state index contributed by atoms with van der Waals surface area (Å²) >= 11 is 0. The van der Waals surface area contributed by atoms with Gasteiger partial charge in [-0.15, -0.1) is 0 Å². The van der Waals surface area contributed by atoms with Gasteiger partial charge in [-0.25, -0.2) is 0 Å².